The van der Waals surface area contributed by atoms with Crippen LogP contribution in [0.1, 0.15) is 38.2 Å². The molecule has 1 aliphatic carbocycles. The number of benzene rings is 2. The van der Waals surface area contributed by atoms with Gasteiger partial charge in [0.25, 0.3) is 0 Å². The Morgan fingerprint density at radius 1 is 1.03 bits per heavy atom. The van der Waals surface area contributed by atoms with Crippen LogP contribution in [0.3, 0.4) is 0 Å². The maximum atomic E-state index is 9.60. The lowest BCUT2D eigenvalue weighted by Crippen LogP contribution is -2.27. The second kappa shape index (κ2) is 9.51. The molecule has 1 saturated carbocycles. The molecule has 0 aromatic heterocycles. The molecule has 1 aliphatic heterocycles. The van der Waals surface area contributed by atoms with E-state index in [4.69, 9.17) is 9.47 Å². The molecule has 0 radical (unpaired) electrons. The summed E-state index contributed by atoms with van der Waals surface area (Å²) in [6.07, 6.45) is 4.10. The van der Waals surface area contributed by atoms with E-state index in [0.29, 0.717) is 13.0 Å². The molecule has 1 unspecified atom stereocenters. The Kier molecular flexibility index (Phi) is 6.57. The molecule has 0 amide bonds. The number of nitrogens with one attached hydrogen (secondary N) is 1. The average molecular weight is 397 g/mol. The van der Waals surface area contributed by atoms with Gasteiger partial charge < -0.3 is 19.5 Å². The molecular formula is C24H32N2O3. The summed E-state index contributed by atoms with van der Waals surface area (Å²) >= 11 is 0. The van der Waals surface area contributed by atoms with Gasteiger partial charge >= 0.3 is 0 Å². The Morgan fingerprint density at radius 3 is 2.45 bits per heavy atom. The molecule has 1 heterocycles. The molecule has 0 bridgehead atoms. The van der Waals surface area contributed by atoms with Crippen molar-refractivity contribution in [3.05, 3.63) is 54.1 Å². The van der Waals surface area contributed by atoms with Gasteiger partial charge in [0, 0.05) is 25.2 Å². The van der Waals surface area contributed by atoms with Crippen molar-refractivity contribution in [2.75, 3.05) is 24.6 Å². The van der Waals surface area contributed by atoms with E-state index in [0.717, 1.165) is 49.1 Å². The highest BCUT2D eigenvalue weighted by Crippen LogP contribution is 2.30. The minimum atomic E-state index is -0.450. The van der Waals surface area contributed by atoms with E-state index >= 15 is 0 Å². The first-order valence-corrected chi connectivity index (χ1v) is 10.8. The SMILES string of the molecule is CCC(O)NCc1ccc(O[C@@H]2CCN(c3ccc(OCC4CC4)cc3)C2)cc1. The van der Waals surface area contributed by atoms with Gasteiger partial charge in [0.1, 0.15) is 23.8 Å². The Bertz CT molecular complexity index is 759. The summed E-state index contributed by atoms with van der Waals surface area (Å²) in [6, 6.07) is 16.6. The molecule has 2 aliphatic rings. The minimum absolute atomic E-state index is 0.201. The molecule has 2 aromatic carbocycles. The zero-order valence-electron chi connectivity index (χ0n) is 17.2. The van der Waals surface area contributed by atoms with Crippen LogP contribution in [0.25, 0.3) is 0 Å². The Hall–Kier alpha value is -2.24. The number of hydrogen-bond donors (Lipinski definition) is 2. The molecule has 2 atom stereocenters. The van der Waals surface area contributed by atoms with Crippen molar-refractivity contribution in [2.45, 2.75) is 51.5 Å². The first-order chi connectivity index (χ1) is 14.2. The van der Waals surface area contributed by atoms with Crippen LogP contribution in [0.4, 0.5) is 5.69 Å². The van der Waals surface area contributed by atoms with Crippen molar-refractivity contribution in [1.29, 1.82) is 0 Å². The number of anilines is 1. The predicted octanol–water partition coefficient (Wildman–Crippen LogP) is 3.95. The van der Waals surface area contributed by atoms with Crippen LogP contribution in [0, 0.1) is 5.92 Å². The number of nitrogens with zero attached hydrogens (tertiary/aromatic N) is 1. The summed E-state index contributed by atoms with van der Waals surface area (Å²) in [4.78, 5) is 2.37. The lowest BCUT2D eigenvalue weighted by molar-refractivity contribution is 0.131. The topological polar surface area (TPSA) is 54.0 Å². The van der Waals surface area contributed by atoms with Gasteiger partial charge in [-0.05, 0) is 67.1 Å². The standard InChI is InChI=1S/C24H32N2O3/c1-2-24(27)25-15-18-5-9-22(10-6-18)29-23-13-14-26(16-23)20-7-11-21(12-8-20)28-17-19-3-4-19/h5-12,19,23-25,27H,2-4,13-17H2,1H3/t23-,24?/m1/s1. The summed E-state index contributed by atoms with van der Waals surface area (Å²) in [5, 5.41) is 12.7. The molecule has 5 nitrogen and oxygen atoms in total. The fourth-order valence-electron chi connectivity index (χ4n) is 3.57. The van der Waals surface area contributed by atoms with Crippen LogP contribution in [-0.4, -0.2) is 37.1 Å². The quantitative estimate of drug-likeness (QED) is 0.596. The molecule has 2 aromatic rings. The highest BCUT2D eigenvalue weighted by Gasteiger charge is 2.25. The van der Waals surface area contributed by atoms with E-state index in [1.807, 2.05) is 19.1 Å². The summed E-state index contributed by atoms with van der Waals surface area (Å²) in [6.45, 7) is 5.37. The molecule has 156 valence electrons. The summed E-state index contributed by atoms with van der Waals surface area (Å²) in [7, 11) is 0. The van der Waals surface area contributed by atoms with Crippen LogP contribution >= 0.6 is 0 Å². The van der Waals surface area contributed by atoms with Crippen LogP contribution < -0.4 is 19.7 Å². The van der Waals surface area contributed by atoms with E-state index in [1.54, 1.807) is 0 Å². The molecule has 4 rings (SSSR count). The Balaban J connectivity index is 1.24. The fraction of sp³-hybridized carbons (Fsp3) is 0.500. The largest absolute Gasteiger partial charge is 0.493 e. The first-order valence-electron chi connectivity index (χ1n) is 10.8. The van der Waals surface area contributed by atoms with Gasteiger partial charge in [0.15, 0.2) is 0 Å². The Morgan fingerprint density at radius 2 is 1.76 bits per heavy atom. The zero-order chi connectivity index (χ0) is 20.1. The predicted molar refractivity (Wildman–Crippen MR) is 115 cm³/mol. The van der Waals surface area contributed by atoms with Crippen LogP contribution in [0.5, 0.6) is 11.5 Å². The van der Waals surface area contributed by atoms with Crippen LogP contribution in [-0.2, 0) is 6.54 Å². The second-order valence-corrected chi connectivity index (χ2v) is 8.17. The molecule has 2 N–H and O–H groups in total. The number of hydrogen-bond acceptors (Lipinski definition) is 5. The molecular weight excluding hydrogens is 364 g/mol. The molecule has 0 spiro atoms. The summed E-state index contributed by atoms with van der Waals surface area (Å²) in [5.41, 5.74) is 2.37. The van der Waals surface area contributed by atoms with Gasteiger partial charge in [-0.25, -0.2) is 0 Å². The van der Waals surface area contributed by atoms with E-state index < -0.39 is 6.23 Å². The maximum Gasteiger partial charge on any atom is 0.119 e. The molecule has 29 heavy (non-hydrogen) atoms. The number of rotatable bonds is 10. The van der Waals surface area contributed by atoms with E-state index in [-0.39, 0.29) is 6.10 Å². The lowest BCUT2D eigenvalue weighted by atomic mass is 10.2. The van der Waals surface area contributed by atoms with Gasteiger partial charge in [0.2, 0.25) is 0 Å². The van der Waals surface area contributed by atoms with Gasteiger partial charge in [-0.2, -0.15) is 0 Å². The average Bonchev–Trinajstić information content (AvgIpc) is 3.48. The van der Waals surface area contributed by atoms with Crippen molar-refractivity contribution >= 4 is 5.69 Å². The third-order valence-electron chi connectivity index (χ3n) is 5.68. The van der Waals surface area contributed by atoms with Crippen molar-refractivity contribution < 1.29 is 14.6 Å². The third-order valence-corrected chi connectivity index (χ3v) is 5.68. The maximum absolute atomic E-state index is 9.60. The smallest absolute Gasteiger partial charge is 0.119 e. The van der Waals surface area contributed by atoms with Crippen molar-refractivity contribution in [2.24, 2.45) is 5.92 Å². The fourth-order valence-corrected chi connectivity index (χ4v) is 3.57. The van der Waals surface area contributed by atoms with Gasteiger partial charge in [-0.1, -0.05) is 19.1 Å². The van der Waals surface area contributed by atoms with Crippen molar-refractivity contribution in [3.63, 3.8) is 0 Å². The lowest BCUT2D eigenvalue weighted by Gasteiger charge is -2.19. The van der Waals surface area contributed by atoms with Crippen LogP contribution in [0.15, 0.2) is 48.5 Å². The second-order valence-electron chi connectivity index (χ2n) is 8.17. The van der Waals surface area contributed by atoms with Crippen molar-refractivity contribution in [1.82, 2.24) is 5.32 Å². The monoisotopic (exact) mass is 396 g/mol. The highest BCUT2D eigenvalue weighted by molar-refractivity contribution is 5.50. The normalized spacial score (nSPS) is 19.9. The van der Waals surface area contributed by atoms with Gasteiger partial charge in [-0.15, -0.1) is 0 Å². The van der Waals surface area contributed by atoms with Gasteiger partial charge in [-0.3, -0.25) is 5.32 Å². The number of aliphatic hydroxyl groups is 1. The Labute approximate surface area is 173 Å². The van der Waals surface area contributed by atoms with E-state index in [2.05, 4.69) is 46.6 Å². The molecule has 2 fully saturated rings. The first kappa shape index (κ1) is 20.0. The number of ether oxygens (including phenoxy) is 2. The molecule has 5 heteroatoms. The zero-order valence-corrected chi connectivity index (χ0v) is 17.2. The molecule has 1 saturated heterocycles. The summed E-state index contributed by atoms with van der Waals surface area (Å²) < 4.78 is 12.0. The van der Waals surface area contributed by atoms with E-state index in [1.165, 1.54) is 18.5 Å². The minimum Gasteiger partial charge on any atom is -0.493 e. The van der Waals surface area contributed by atoms with Crippen molar-refractivity contribution in [3.8, 4) is 11.5 Å². The number of aliphatic hydroxyl groups excluding tert-OH is 1. The van der Waals surface area contributed by atoms with Crippen LogP contribution in [0.2, 0.25) is 0 Å². The van der Waals surface area contributed by atoms with E-state index in [9.17, 15) is 5.11 Å². The summed E-state index contributed by atoms with van der Waals surface area (Å²) in [5.74, 6) is 2.65. The van der Waals surface area contributed by atoms with Gasteiger partial charge in [0.05, 0.1) is 13.2 Å². The third kappa shape index (κ3) is 5.87. The highest BCUT2D eigenvalue weighted by atomic mass is 16.5.